The highest BCUT2D eigenvalue weighted by Gasteiger charge is 2.76. The summed E-state index contributed by atoms with van der Waals surface area (Å²) in [5, 5.41) is 27.3. The lowest BCUT2D eigenvalue weighted by Gasteiger charge is -2.41. The zero-order valence-corrected chi connectivity index (χ0v) is 36.5. The first-order chi connectivity index (χ1) is 28.1. The first-order valence-corrected chi connectivity index (χ1v) is 21.0. The minimum absolute atomic E-state index is 0.0429. The molecule has 15 nitrogen and oxygen atoms in total. The zero-order chi connectivity index (χ0) is 44.7. The molecule has 3 aliphatic rings. The van der Waals surface area contributed by atoms with Crippen molar-refractivity contribution in [2.24, 2.45) is 17.6 Å². The van der Waals surface area contributed by atoms with Gasteiger partial charge in [0.2, 0.25) is 5.91 Å². The van der Waals surface area contributed by atoms with E-state index in [2.05, 4.69) is 12.2 Å². The van der Waals surface area contributed by atoms with Crippen LogP contribution in [0.1, 0.15) is 126 Å². The van der Waals surface area contributed by atoms with Crippen LogP contribution in [0.5, 0.6) is 0 Å². The van der Waals surface area contributed by atoms with Crippen LogP contribution in [0.25, 0.3) is 0 Å². The van der Waals surface area contributed by atoms with E-state index in [9.17, 15) is 39.0 Å². The van der Waals surface area contributed by atoms with Gasteiger partial charge in [-0.2, -0.15) is 0 Å². The molecule has 1 heterocycles. The Morgan fingerprint density at radius 1 is 0.967 bits per heavy atom. The maximum atomic E-state index is 13.7. The maximum absolute atomic E-state index is 13.7. The lowest BCUT2D eigenvalue weighted by Crippen LogP contribution is -2.64. The van der Waals surface area contributed by atoms with Gasteiger partial charge in [0.15, 0.2) is 29.5 Å². The number of aliphatic hydroxyl groups is 2. The van der Waals surface area contributed by atoms with Gasteiger partial charge in [-0.15, -0.1) is 0 Å². The van der Waals surface area contributed by atoms with Gasteiger partial charge in [-0.1, -0.05) is 64.7 Å². The van der Waals surface area contributed by atoms with E-state index in [1.807, 2.05) is 13.8 Å². The molecule has 1 aromatic carbocycles. The number of unbranched alkanes of at least 4 members (excludes halogenated alkanes) is 4. The Morgan fingerprint density at radius 3 is 2.20 bits per heavy atom. The molecule has 9 atom stereocenters. The van der Waals surface area contributed by atoms with Crippen molar-refractivity contribution in [1.29, 1.82) is 0 Å². The molecule has 0 bridgehead atoms. The van der Waals surface area contributed by atoms with Gasteiger partial charge in [0.25, 0.3) is 0 Å². The number of esters is 5. The highest BCUT2D eigenvalue weighted by molar-refractivity contribution is 5.94. The normalized spacial score (nSPS) is 29.2. The highest BCUT2D eigenvalue weighted by atomic mass is 16.6. The second-order valence-corrected chi connectivity index (χ2v) is 17.2. The number of hydrogen-bond acceptors (Lipinski definition) is 14. The number of anilines is 1. The number of fused-ring (bicyclic) bond motifs is 3. The summed E-state index contributed by atoms with van der Waals surface area (Å²) in [5.41, 5.74) is 0.724. The molecule has 15 heteroatoms. The third kappa shape index (κ3) is 10.5. The minimum atomic E-state index is -2.67. The Bertz CT molecular complexity index is 1840. The number of ether oxygens (including phenoxy) is 5. The largest absolute Gasteiger partial charge is 0.459 e. The molecule has 60 heavy (non-hydrogen) atoms. The summed E-state index contributed by atoms with van der Waals surface area (Å²) in [7, 11) is 0. The topological polar surface area (TPSA) is 227 Å². The fraction of sp³-hybridized carbons (Fsp3) is 0.644. The van der Waals surface area contributed by atoms with E-state index in [1.165, 1.54) is 6.92 Å². The summed E-state index contributed by atoms with van der Waals surface area (Å²) in [6, 6.07) is 6.14. The SMILES string of the molecule is C/C=C(/C)C(=O)O[C@H]1C(C)=C2[C@H]([C@@H]1OC(=O)CCCCCCC)[C@@](C)(OC(C)=O)C[C@H](OC(=O)CCc1ccc(NC(=O)[C@@H](N)CC(C)C)cc1)[C@@]1(O)[C@H]2OC(=O)[C@@]1(C)O. The van der Waals surface area contributed by atoms with Gasteiger partial charge in [0, 0.05) is 37.4 Å². The summed E-state index contributed by atoms with van der Waals surface area (Å²) in [6.45, 7) is 14.5. The standard InChI is InChI=1S/C45H64N2O13/c1-10-12-13-14-15-16-33(49)57-38-36-35(27(6)37(38)58-41(52)26(5)11-2)39-45(55,44(9,54)42(53)59-39)32(24-43(36,8)60-28(7)48)56-34(50)22-19-29-17-20-30(21-18-29)47-40(51)31(46)23-25(3)4/h11,17-18,20-21,25,31-32,36-39,54-55H,10,12-16,19,22-24,46H2,1-9H3,(H,47,51)/b26-11-/t31-,32-,36+,37-,38-,39-,43-,44+,45+/m0/s1. The lowest BCUT2D eigenvalue weighted by molar-refractivity contribution is -0.212. The van der Waals surface area contributed by atoms with E-state index in [-0.39, 0.29) is 47.8 Å². The average molecular weight is 841 g/mol. The minimum Gasteiger partial charge on any atom is -0.459 e. The number of rotatable bonds is 18. The van der Waals surface area contributed by atoms with E-state index in [0.29, 0.717) is 24.1 Å². The third-order valence-electron chi connectivity index (χ3n) is 12.0. The monoisotopic (exact) mass is 840 g/mol. The van der Waals surface area contributed by atoms with Gasteiger partial charge >= 0.3 is 29.8 Å². The van der Waals surface area contributed by atoms with Crippen LogP contribution in [-0.4, -0.2) is 93.2 Å². The molecule has 1 aliphatic heterocycles. The van der Waals surface area contributed by atoms with Crippen LogP contribution in [0, 0.1) is 11.8 Å². The molecule has 0 spiro atoms. The predicted molar refractivity (Wildman–Crippen MR) is 220 cm³/mol. The summed E-state index contributed by atoms with van der Waals surface area (Å²) in [6.07, 6.45) is -0.216. The molecule has 2 fully saturated rings. The van der Waals surface area contributed by atoms with Crippen molar-refractivity contribution in [3.63, 3.8) is 0 Å². The molecule has 1 aromatic rings. The summed E-state index contributed by atoms with van der Waals surface area (Å²) < 4.78 is 29.9. The molecule has 0 radical (unpaired) electrons. The van der Waals surface area contributed by atoms with Crippen molar-refractivity contribution in [2.45, 2.75) is 174 Å². The van der Waals surface area contributed by atoms with Crippen molar-refractivity contribution in [2.75, 3.05) is 5.32 Å². The van der Waals surface area contributed by atoms with E-state index in [0.717, 1.165) is 39.5 Å². The van der Waals surface area contributed by atoms with Gasteiger partial charge in [-0.05, 0) is 88.6 Å². The number of nitrogens with two attached hydrogens (primary N) is 1. The Balaban J connectivity index is 1.70. The van der Waals surface area contributed by atoms with Crippen molar-refractivity contribution in [1.82, 2.24) is 0 Å². The molecule has 2 aliphatic carbocycles. The molecule has 1 saturated heterocycles. The van der Waals surface area contributed by atoms with Crippen molar-refractivity contribution in [3.05, 3.63) is 52.6 Å². The molecular weight excluding hydrogens is 776 g/mol. The van der Waals surface area contributed by atoms with Crippen LogP contribution in [0.3, 0.4) is 0 Å². The fourth-order valence-corrected chi connectivity index (χ4v) is 8.55. The molecule has 1 amide bonds. The Hall–Kier alpha value is -4.60. The average Bonchev–Trinajstić information content (AvgIpc) is 3.50. The Morgan fingerprint density at radius 2 is 1.60 bits per heavy atom. The molecule has 4 rings (SSSR count). The fourth-order valence-electron chi connectivity index (χ4n) is 8.55. The van der Waals surface area contributed by atoms with E-state index in [1.54, 1.807) is 51.1 Å². The van der Waals surface area contributed by atoms with Crippen molar-refractivity contribution >= 4 is 41.4 Å². The molecule has 1 saturated carbocycles. The van der Waals surface area contributed by atoms with Crippen molar-refractivity contribution in [3.8, 4) is 0 Å². The van der Waals surface area contributed by atoms with Gasteiger partial charge in [-0.3, -0.25) is 19.2 Å². The van der Waals surface area contributed by atoms with Gasteiger partial charge < -0.3 is 44.9 Å². The Kier molecular flexibility index (Phi) is 15.9. The van der Waals surface area contributed by atoms with Crippen LogP contribution < -0.4 is 11.1 Å². The summed E-state index contributed by atoms with van der Waals surface area (Å²) >= 11 is 0. The highest BCUT2D eigenvalue weighted by Crippen LogP contribution is 2.57. The quantitative estimate of drug-likeness (QED) is 0.0498. The van der Waals surface area contributed by atoms with Gasteiger partial charge in [0.1, 0.15) is 11.7 Å². The summed E-state index contributed by atoms with van der Waals surface area (Å²) in [4.78, 5) is 79.5. The third-order valence-corrected chi connectivity index (χ3v) is 12.0. The van der Waals surface area contributed by atoms with Gasteiger partial charge in [-0.25, -0.2) is 9.59 Å². The van der Waals surface area contributed by atoms with E-state index >= 15 is 0 Å². The van der Waals surface area contributed by atoms with Crippen LogP contribution >= 0.6 is 0 Å². The van der Waals surface area contributed by atoms with Crippen LogP contribution in [-0.2, 0) is 58.9 Å². The lowest BCUT2D eigenvalue weighted by atomic mass is 9.75. The number of amides is 1. The molecule has 0 aromatic heterocycles. The Labute approximate surface area is 352 Å². The molecule has 5 N–H and O–H groups in total. The van der Waals surface area contributed by atoms with Crippen LogP contribution in [0.4, 0.5) is 5.69 Å². The molecular formula is C45H64N2O13. The number of nitrogens with one attached hydrogen (secondary N) is 1. The van der Waals surface area contributed by atoms with Crippen molar-refractivity contribution < 1.29 is 62.7 Å². The second kappa shape index (κ2) is 19.9. The number of allylic oxidation sites excluding steroid dienone is 1. The first-order valence-electron chi connectivity index (χ1n) is 21.0. The molecule has 0 unspecified atom stereocenters. The second-order valence-electron chi connectivity index (χ2n) is 17.2. The number of aryl methyl sites for hydroxylation is 1. The number of benzene rings is 1. The van der Waals surface area contributed by atoms with Crippen LogP contribution in [0.2, 0.25) is 0 Å². The van der Waals surface area contributed by atoms with Gasteiger partial charge in [0.05, 0.1) is 12.0 Å². The molecule has 332 valence electrons. The van der Waals surface area contributed by atoms with Crippen LogP contribution in [0.15, 0.2) is 47.1 Å². The smallest absolute Gasteiger partial charge is 0.341 e. The summed E-state index contributed by atoms with van der Waals surface area (Å²) in [5.74, 6) is -5.42. The maximum Gasteiger partial charge on any atom is 0.341 e. The number of hydrogen-bond donors (Lipinski definition) is 4. The predicted octanol–water partition coefficient (Wildman–Crippen LogP) is 5.07. The first kappa shape index (κ1) is 48.1. The number of carbonyl (C=O) groups is 6. The van der Waals surface area contributed by atoms with E-state index < -0.39 is 89.4 Å². The van der Waals surface area contributed by atoms with E-state index in [4.69, 9.17) is 29.4 Å². The number of carbonyl (C=O) groups excluding carboxylic acids is 6. The zero-order valence-electron chi connectivity index (χ0n) is 36.5.